The second kappa shape index (κ2) is 4.80. The zero-order valence-corrected chi connectivity index (χ0v) is 9.83. The van der Waals surface area contributed by atoms with E-state index in [1.54, 1.807) is 0 Å². The lowest BCUT2D eigenvalue weighted by Gasteiger charge is -2.23. The first kappa shape index (κ1) is 12.7. The standard InChI is InChI=1S/C12H24O/c1-9(2)10(3)7-8-11(4)12(5,6)13/h7-11,13H,1-6H3/b8-7+/t10-,11+/m0/s1. The summed E-state index contributed by atoms with van der Waals surface area (Å²) in [6.07, 6.45) is 4.32. The van der Waals surface area contributed by atoms with Crippen LogP contribution in [0.3, 0.4) is 0 Å². The van der Waals surface area contributed by atoms with Crippen LogP contribution < -0.4 is 0 Å². The molecule has 0 aliphatic heterocycles. The van der Waals surface area contributed by atoms with Crippen molar-refractivity contribution in [3.05, 3.63) is 12.2 Å². The van der Waals surface area contributed by atoms with Gasteiger partial charge in [0.15, 0.2) is 0 Å². The van der Waals surface area contributed by atoms with Crippen molar-refractivity contribution in [2.24, 2.45) is 17.8 Å². The molecule has 0 radical (unpaired) electrons. The Hall–Kier alpha value is -0.300. The van der Waals surface area contributed by atoms with Gasteiger partial charge in [-0.3, -0.25) is 0 Å². The van der Waals surface area contributed by atoms with Gasteiger partial charge >= 0.3 is 0 Å². The summed E-state index contributed by atoms with van der Waals surface area (Å²) in [5.74, 6) is 1.48. The van der Waals surface area contributed by atoms with Gasteiger partial charge in [-0.25, -0.2) is 0 Å². The van der Waals surface area contributed by atoms with E-state index in [0.29, 0.717) is 11.8 Å². The van der Waals surface area contributed by atoms with Crippen LogP contribution in [-0.2, 0) is 0 Å². The Bertz CT molecular complexity index is 162. The maximum Gasteiger partial charge on any atom is 0.0651 e. The quantitative estimate of drug-likeness (QED) is 0.665. The van der Waals surface area contributed by atoms with Gasteiger partial charge in [0.1, 0.15) is 0 Å². The molecule has 0 rings (SSSR count). The highest BCUT2D eigenvalue weighted by Crippen LogP contribution is 2.19. The SMILES string of the molecule is CC(C)[C@@H](C)/C=C/[C@@H](C)C(C)(C)O. The Morgan fingerprint density at radius 3 is 1.77 bits per heavy atom. The third-order valence-corrected chi connectivity index (χ3v) is 2.87. The highest BCUT2D eigenvalue weighted by molar-refractivity contribution is 4.96. The summed E-state index contributed by atoms with van der Waals surface area (Å²) in [6, 6.07) is 0. The minimum absolute atomic E-state index is 0.216. The van der Waals surface area contributed by atoms with E-state index in [4.69, 9.17) is 0 Å². The molecule has 1 N–H and O–H groups in total. The van der Waals surface area contributed by atoms with Gasteiger partial charge in [-0.15, -0.1) is 0 Å². The largest absolute Gasteiger partial charge is 0.390 e. The molecule has 0 aliphatic carbocycles. The molecule has 0 saturated carbocycles. The third-order valence-electron chi connectivity index (χ3n) is 2.87. The van der Waals surface area contributed by atoms with E-state index in [1.165, 1.54) is 0 Å². The number of hydrogen-bond donors (Lipinski definition) is 1. The van der Waals surface area contributed by atoms with Crippen molar-refractivity contribution in [3.8, 4) is 0 Å². The molecule has 0 amide bonds. The minimum atomic E-state index is -0.604. The molecule has 1 heteroatoms. The Morgan fingerprint density at radius 2 is 1.46 bits per heavy atom. The van der Waals surface area contributed by atoms with Crippen LogP contribution in [0.1, 0.15) is 41.5 Å². The fraction of sp³-hybridized carbons (Fsp3) is 0.833. The summed E-state index contributed by atoms with van der Waals surface area (Å²) in [5, 5.41) is 9.69. The van der Waals surface area contributed by atoms with Crippen molar-refractivity contribution in [2.75, 3.05) is 0 Å². The highest BCUT2D eigenvalue weighted by Gasteiger charge is 2.19. The summed E-state index contributed by atoms with van der Waals surface area (Å²) in [4.78, 5) is 0. The molecule has 0 aromatic carbocycles. The van der Waals surface area contributed by atoms with Crippen LogP contribution in [0.2, 0.25) is 0 Å². The van der Waals surface area contributed by atoms with E-state index in [1.807, 2.05) is 20.8 Å². The minimum Gasteiger partial charge on any atom is -0.390 e. The monoisotopic (exact) mass is 184 g/mol. The lowest BCUT2D eigenvalue weighted by atomic mass is 9.90. The normalized spacial score (nSPS) is 18.2. The molecule has 1 nitrogen and oxygen atoms in total. The number of rotatable bonds is 4. The fourth-order valence-electron chi connectivity index (χ4n) is 0.800. The Labute approximate surface area is 82.9 Å². The van der Waals surface area contributed by atoms with E-state index >= 15 is 0 Å². The molecular formula is C12H24O. The van der Waals surface area contributed by atoms with Crippen LogP contribution in [-0.4, -0.2) is 10.7 Å². The summed E-state index contributed by atoms with van der Waals surface area (Å²) in [5.41, 5.74) is -0.604. The predicted molar refractivity (Wildman–Crippen MR) is 58.6 cm³/mol. The van der Waals surface area contributed by atoms with Crippen molar-refractivity contribution >= 4 is 0 Å². The average molecular weight is 184 g/mol. The van der Waals surface area contributed by atoms with Gasteiger partial charge in [0, 0.05) is 5.92 Å². The van der Waals surface area contributed by atoms with Crippen LogP contribution in [0.5, 0.6) is 0 Å². The van der Waals surface area contributed by atoms with E-state index in [2.05, 4.69) is 32.9 Å². The molecule has 13 heavy (non-hydrogen) atoms. The molecule has 0 aliphatic rings. The van der Waals surface area contributed by atoms with Gasteiger partial charge < -0.3 is 5.11 Å². The molecule has 0 spiro atoms. The van der Waals surface area contributed by atoms with Crippen LogP contribution >= 0.6 is 0 Å². The maximum atomic E-state index is 9.69. The van der Waals surface area contributed by atoms with Crippen molar-refractivity contribution in [1.82, 2.24) is 0 Å². The van der Waals surface area contributed by atoms with Gasteiger partial charge in [-0.2, -0.15) is 0 Å². The lowest BCUT2D eigenvalue weighted by molar-refractivity contribution is 0.0439. The highest BCUT2D eigenvalue weighted by atomic mass is 16.3. The molecule has 0 unspecified atom stereocenters. The van der Waals surface area contributed by atoms with Crippen LogP contribution in [0, 0.1) is 17.8 Å². The lowest BCUT2D eigenvalue weighted by Crippen LogP contribution is -2.27. The topological polar surface area (TPSA) is 20.2 Å². The molecule has 0 heterocycles. The van der Waals surface area contributed by atoms with Gasteiger partial charge in [0.25, 0.3) is 0 Å². The third kappa shape index (κ3) is 5.09. The average Bonchev–Trinajstić information content (AvgIpc) is 1.97. The fourth-order valence-corrected chi connectivity index (χ4v) is 0.800. The summed E-state index contributed by atoms with van der Waals surface area (Å²) < 4.78 is 0. The van der Waals surface area contributed by atoms with Crippen molar-refractivity contribution in [3.63, 3.8) is 0 Å². The van der Waals surface area contributed by atoms with Crippen molar-refractivity contribution in [1.29, 1.82) is 0 Å². The van der Waals surface area contributed by atoms with Crippen molar-refractivity contribution in [2.45, 2.75) is 47.1 Å². The first-order valence-corrected chi connectivity index (χ1v) is 5.16. The molecule has 0 aromatic heterocycles. The first-order valence-electron chi connectivity index (χ1n) is 5.16. The summed E-state index contributed by atoms with van der Waals surface area (Å²) in [6.45, 7) is 12.4. The van der Waals surface area contributed by atoms with Gasteiger partial charge in [-0.1, -0.05) is 39.8 Å². The Balaban J connectivity index is 4.12. The van der Waals surface area contributed by atoms with Crippen LogP contribution in [0.15, 0.2) is 12.2 Å². The summed E-state index contributed by atoms with van der Waals surface area (Å²) in [7, 11) is 0. The molecule has 0 aromatic rings. The summed E-state index contributed by atoms with van der Waals surface area (Å²) >= 11 is 0. The molecule has 2 atom stereocenters. The second-order valence-corrected chi connectivity index (χ2v) is 4.93. The number of aliphatic hydroxyl groups is 1. The zero-order chi connectivity index (χ0) is 10.6. The second-order valence-electron chi connectivity index (χ2n) is 4.93. The van der Waals surface area contributed by atoms with E-state index in [9.17, 15) is 5.11 Å². The molecule has 0 bridgehead atoms. The number of hydrogen-bond acceptors (Lipinski definition) is 1. The predicted octanol–water partition coefficient (Wildman–Crippen LogP) is 3.24. The van der Waals surface area contributed by atoms with E-state index in [0.717, 1.165) is 0 Å². The Morgan fingerprint density at radius 1 is 1.00 bits per heavy atom. The number of allylic oxidation sites excluding steroid dienone is 1. The van der Waals surface area contributed by atoms with Crippen LogP contribution in [0.25, 0.3) is 0 Å². The van der Waals surface area contributed by atoms with Gasteiger partial charge in [0.05, 0.1) is 5.60 Å². The molecule has 0 saturated heterocycles. The molecule has 0 fully saturated rings. The smallest absolute Gasteiger partial charge is 0.0651 e. The molecular weight excluding hydrogens is 160 g/mol. The van der Waals surface area contributed by atoms with Crippen LogP contribution in [0.4, 0.5) is 0 Å². The van der Waals surface area contributed by atoms with Crippen molar-refractivity contribution < 1.29 is 5.11 Å². The maximum absolute atomic E-state index is 9.69. The van der Waals surface area contributed by atoms with Gasteiger partial charge in [0.2, 0.25) is 0 Å². The first-order chi connectivity index (χ1) is 5.75. The van der Waals surface area contributed by atoms with E-state index in [-0.39, 0.29) is 5.92 Å². The van der Waals surface area contributed by atoms with Gasteiger partial charge in [-0.05, 0) is 25.7 Å². The Kier molecular flexibility index (Phi) is 4.69. The zero-order valence-electron chi connectivity index (χ0n) is 9.83. The molecule has 78 valence electrons. The van der Waals surface area contributed by atoms with E-state index < -0.39 is 5.60 Å².